The summed E-state index contributed by atoms with van der Waals surface area (Å²) in [7, 11) is 1.71. The molecule has 0 amide bonds. The van der Waals surface area contributed by atoms with Gasteiger partial charge in [-0.3, -0.25) is 0 Å². The number of benzene rings is 2. The van der Waals surface area contributed by atoms with E-state index < -0.39 is 6.36 Å². The highest BCUT2D eigenvalue weighted by Gasteiger charge is 2.35. The number of fused-ring (bicyclic) bond motifs is 1. The first-order valence-electron chi connectivity index (χ1n) is 12.4. The Bertz CT molecular complexity index is 1170. The number of aryl methyl sites for hydroxylation is 1. The lowest BCUT2D eigenvalue weighted by Gasteiger charge is -2.40. The van der Waals surface area contributed by atoms with E-state index >= 15 is 0 Å². The van der Waals surface area contributed by atoms with Gasteiger partial charge in [-0.15, -0.1) is 13.2 Å². The van der Waals surface area contributed by atoms with E-state index in [9.17, 15) is 13.2 Å². The molecule has 1 saturated carbocycles. The highest BCUT2D eigenvalue weighted by atomic mass is 19.4. The van der Waals surface area contributed by atoms with Crippen molar-refractivity contribution in [3.8, 4) is 11.5 Å². The molecule has 2 aromatic carbocycles. The van der Waals surface area contributed by atoms with Crippen molar-refractivity contribution in [1.29, 1.82) is 0 Å². The maximum Gasteiger partial charge on any atom is 0.573 e. The Morgan fingerprint density at radius 1 is 1.11 bits per heavy atom. The number of imidazole rings is 1. The first-order valence-corrected chi connectivity index (χ1v) is 12.4. The lowest BCUT2D eigenvalue weighted by Crippen LogP contribution is -2.30. The van der Waals surface area contributed by atoms with E-state index in [1.807, 2.05) is 0 Å². The van der Waals surface area contributed by atoms with Gasteiger partial charge in [0.1, 0.15) is 17.3 Å². The smallest absolute Gasteiger partial charge is 0.496 e. The maximum atomic E-state index is 12.6. The predicted octanol–water partition coefficient (Wildman–Crippen LogP) is 7.87. The molecule has 0 unspecified atom stereocenters. The molecule has 0 aliphatic heterocycles. The quantitative estimate of drug-likeness (QED) is 0.339. The van der Waals surface area contributed by atoms with E-state index in [0.29, 0.717) is 18.4 Å². The summed E-state index contributed by atoms with van der Waals surface area (Å²) in [4.78, 5) is 5.05. The van der Waals surface area contributed by atoms with Crippen molar-refractivity contribution in [3.05, 3.63) is 53.3 Å². The van der Waals surface area contributed by atoms with Crippen molar-refractivity contribution in [2.24, 2.45) is 11.3 Å². The van der Waals surface area contributed by atoms with Crippen LogP contribution >= 0.6 is 0 Å². The highest BCUT2D eigenvalue weighted by molar-refractivity contribution is 5.79. The van der Waals surface area contributed by atoms with Gasteiger partial charge in [0, 0.05) is 18.5 Å². The lowest BCUT2D eigenvalue weighted by atomic mass is 9.70. The predicted molar refractivity (Wildman–Crippen MR) is 132 cm³/mol. The molecule has 35 heavy (non-hydrogen) atoms. The summed E-state index contributed by atoms with van der Waals surface area (Å²) in [5.41, 5.74) is 4.25. The summed E-state index contributed by atoms with van der Waals surface area (Å²) in [6.45, 7) is 9.11. The van der Waals surface area contributed by atoms with Gasteiger partial charge in [0.15, 0.2) is 0 Å². The highest BCUT2D eigenvalue weighted by Crippen LogP contribution is 2.45. The minimum Gasteiger partial charge on any atom is -0.496 e. The largest absolute Gasteiger partial charge is 0.573 e. The molecule has 0 radical (unpaired) electrons. The van der Waals surface area contributed by atoms with Gasteiger partial charge in [0.2, 0.25) is 0 Å². The van der Waals surface area contributed by atoms with Crippen LogP contribution in [0.4, 0.5) is 13.2 Å². The van der Waals surface area contributed by atoms with Crippen molar-refractivity contribution in [1.82, 2.24) is 9.55 Å². The van der Waals surface area contributed by atoms with Crippen molar-refractivity contribution in [2.45, 2.75) is 78.6 Å². The van der Waals surface area contributed by atoms with E-state index in [1.165, 1.54) is 18.6 Å². The van der Waals surface area contributed by atoms with Gasteiger partial charge in [-0.1, -0.05) is 46.2 Å². The molecule has 1 aliphatic rings. The first kappa shape index (κ1) is 25.4. The van der Waals surface area contributed by atoms with Crippen LogP contribution in [0, 0.1) is 11.3 Å². The van der Waals surface area contributed by atoms with Crippen LogP contribution in [-0.4, -0.2) is 23.0 Å². The number of halogens is 3. The van der Waals surface area contributed by atoms with Gasteiger partial charge >= 0.3 is 6.36 Å². The van der Waals surface area contributed by atoms with Crippen LogP contribution in [0.3, 0.4) is 0 Å². The molecule has 4 nitrogen and oxygen atoms in total. The van der Waals surface area contributed by atoms with Gasteiger partial charge in [0.05, 0.1) is 18.1 Å². The topological polar surface area (TPSA) is 36.3 Å². The molecule has 190 valence electrons. The van der Waals surface area contributed by atoms with Gasteiger partial charge in [-0.2, -0.15) is 0 Å². The summed E-state index contributed by atoms with van der Waals surface area (Å²) in [5, 5.41) is 0. The van der Waals surface area contributed by atoms with Crippen molar-refractivity contribution in [2.75, 3.05) is 7.11 Å². The number of aromatic nitrogens is 2. The second kappa shape index (κ2) is 9.75. The zero-order valence-corrected chi connectivity index (χ0v) is 21.2. The fourth-order valence-electron chi connectivity index (χ4n) is 5.89. The molecule has 1 heterocycles. The SMILES string of the molecule is CCCc1cc2nc(Cc3ccc(OC(F)(F)F)cc3)n([C@H]3C[C@@H](C)CC(C)(C)C3)c2cc1OC. The Kier molecular flexibility index (Phi) is 7.07. The zero-order valence-electron chi connectivity index (χ0n) is 21.2. The summed E-state index contributed by atoms with van der Waals surface area (Å²) in [6.07, 6.45) is 1.06. The maximum absolute atomic E-state index is 12.6. The standard InChI is InChI=1S/C28H35F3N2O2/c1-6-7-20-14-23-24(15-25(20)34-5)33(21-12-18(2)16-27(3,4)17-21)26(32-23)13-19-8-10-22(11-9-19)35-28(29,30)31/h8-11,14-15,18,21H,6-7,12-13,16-17H2,1-5H3/t18-,21+/m1/s1. The summed E-state index contributed by atoms with van der Waals surface area (Å²) >= 11 is 0. The van der Waals surface area contributed by atoms with Gasteiger partial charge in [-0.05, 0) is 66.3 Å². The molecule has 0 spiro atoms. The summed E-state index contributed by atoms with van der Waals surface area (Å²) in [6, 6.07) is 10.6. The molecular weight excluding hydrogens is 453 g/mol. The van der Waals surface area contributed by atoms with Crippen molar-refractivity contribution < 1.29 is 22.6 Å². The molecule has 7 heteroatoms. The van der Waals surface area contributed by atoms with Crippen molar-refractivity contribution in [3.63, 3.8) is 0 Å². The average Bonchev–Trinajstić information content (AvgIpc) is 3.09. The average molecular weight is 489 g/mol. The minimum absolute atomic E-state index is 0.216. The fraction of sp³-hybridized carbons (Fsp3) is 0.536. The van der Waals surface area contributed by atoms with E-state index in [4.69, 9.17) is 9.72 Å². The molecular formula is C28H35F3N2O2. The molecule has 0 saturated heterocycles. The number of alkyl halides is 3. The molecule has 4 rings (SSSR count). The number of rotatable bonds is 7. The Hall–Kier alpha value is -2.70. The molecule has 0 N–H and O–H groups in total. The van der Waals surface area contributed by atoms with E-state index in [-0.39, 0.29) is 11.2 Å². The third-order valence-electron chi connectivity index (χ3n) is 6.93. The lowest BCUT2D eigenvalue weighted by molar-refractivity contribution is -0.274. The zero-order chi connectivity index (χ0) is 25.4. The number of ether oxygens (including phenoxy) is 2. The third-order valence-corrected chi connectivity index (χ3v) is 6.93. The monoisotopic (exact) mass is 488 g/mol. The molecule has 1 aromatic heterocycles. The molecule has 3 aromatic rings. The van der Waals surface area contributed by atoms with Crippen LogP contribution < -0.4 is 9.47 Å². The molecule has 0 bridgehead atoms. The van der Waals surface area contributed by atoms with Gasteiger partial charge < -0.3 is 14.0 Å². The molecule has 1 fully saturated rings. The Balaban J connectivity index is 1.77. The van der Waals surface area contributed by atoms with E-state index in [2.05, 4.69) is 49.1 Å². The Morgan fingerprint density at radius 3 is 2.43 bits per heavy atom. The van der Waals surface area contributed by atoms with Crippen LogP contribution in [0.15, 0.2) is 36.4 Å². The molecule has 1 aliphatic carbocycles. The van der Waals surface area contributed by atoms with Crippen molar-refractivity contribution >= 4 is 11.0 Å². The first-order chi connectivity index (χ1) is 16.5. The second-order valence-corrected chi connectivity index (χ2v) is 10.7. The van der Waals surface area contributed by atoms with Crippen LogP contribution in [0.1, 0.15) is 76.4 Å². The van der Waals surface area contributed by atoms with Crippen LogP contribution in [0.25, 0.3) is 11.0 Å². The fourth-order valence-corrected chi connectivity index (χ4v) is 5.89. The minimum atomic E-state index is -4.70. The number of nitrogens with zero attached hydrogens (tertiary/aromatic N) is 2. The normalized spacial score (nSPS) is 20.2. The van der Waals surface area contributed by atoms with E-state index in [0.717, 1.165) is 59.4 Å². The van der Waals surface area contributed by atoms with Gasteiger partial charge in [-0.25, -0.2) is 4.98 Å². The Labute approximate surface area is 205 Å². The Morgan fingerprint density at radius 2 is 1.83 bits per heavy atom. The van der Waals surface area contributed by atoms with Crippen LogP contribution in [0.2, 0.25) is 0 Å². The van der Waals surface area contributed by atoms with Crippen LogP contribution in [0.5, 0.6) is 11.5 Å². The number of hydrogen-bond acceptors (Lipinski definition) is 3. The second-order valence-electron chi connectivity index (χ2n) is 10.7. The number of hydrogen-bond donors (Lipinski definition) is 0. The summed E-state index contributed by atoms with van der Waals surface area (Å²) in [5.74, 6) is 2.18. The van der Waals surface area contributed by atoms with E-state index in [1.54, 1.807) is 19.2 Å². The van der Waals surface area contributed by atoms with Gasteiger partial charge in [0.25, 0.3) is 0 Å². The van der Waals surface area contributed by atoms with Crippen LogP contribution in [-0.2, 0) is 12.8 Å². The molecule has 2 atom stereocenters. The summed E-state index contributed by atoms with van der Waals surface area (Å²) < 4.78 is 49.8. The number of methoxy groups -OCH3 is 1. The third kappa shape index (κ3) is 5.93.